The van der Waals surface area contributed by atoms with Crippen molar-refractivity contribution in [1.82, 2.24) is 14.9 Å². The lowest BCUT2D eigenvalue weighted by molar-refractivity contribution is -0.252. The molecule has 2 N–H and O–H groups in total. The number of rotatable bonds is 10. The fourth-order valence-corrected chi connectivity index (χ4v) is 5.40. The molecule has 4 atom stereocenters. The molecule has 5 rings (SSSR count). The number of imidazole rings is 1. The number of esters is 1. The third-order valence-electron chi connectivity index (χ3n) is 7.35. The number of benzene rings is 3. The Morgan fingerprint density at radius 2 is 1.75 bits per heavy atom. The number of aliphatic hydroxyl groups is 1. The predicted molar refractivity (Wildman–Crippen MR) is 166 cm³/mol. The molecule has 3 aromatic carbocycles. The largest absolute Gasteiger partial charge is 0.453 e. The topological polar surface area (TPSA) is 112 Å². The highest BCUT2D eigenvalue weighted by atomic mass is 35.5. The molecule has 230 valence electrons. The molecule has 0 radical (unpaired) electrons. The molecule has 2 heterocycles. The third kappa shape index (κ3) is 7.85. The van der Waals surface area contributed by atoms with Gasteiger partial charge in [-0.3, -0.25) is 9.59 Å². The zero-order chi connectivity index (χ0) is 31.2. The number of carbonyl (C=O) groups excluding carboxylic acids is 2. The molecule has 1 saturated heterocycles. The highest BCUT2D eigenvalue weighted by Gasteiger charge is 2.33. The van der Waals surface area contributed by atoms with Crippen molar-refractivity contribution in [2.45, 2.75) is 64.6 Å². The molecule has 9 nitrogen and oxygen atoms in total. The van der Waals surface area contributed by atoms with Crippen LogP contribution < -0.4 is 5.32 Å². The quantitative estimate of drug-likeness (QED) is 0.200. The molecule has 1 aliphatic rings. The molecule has 1 amide bonds. The number of nitrogens with one attached hydrogen (secondary N) is 1. The van der Waals surface area contributed by atoms with Crippen molar-refractivity contribution < 1.29 is 28.9 Å². The van der Waals surface area contributed by atoms with Crippen LogP contribution in [0.15, 0.2) is 79.1 Å². The summed E-state index contributed by atoms with van der Waals surface area (Å²) in [7, 11) is 0. The molecule has 0 bridgehead atoms. The maximum absolute atomic E-state index is 12.3. The Labute approximate surface area is 265 Å². The van der Waals surface area contributed by atoms with E-state index in [4.69, 9.17) is 37.4 Å². The maximum atomic E-state index is 12.3. The zero-order valence-corrected chi connectivity index (χ0v) is 25.8. The summed E-state index contributed by atoms with van der Waals surface area (Å²) in [5, 5.41) is 12.9. The molecule has 11 heteroatoms. The zero-order valence-electron chi connectivity index (χ0n) is 24.3. The number of nitrogens with zero attached hydrogens (tertiary/aromatic N) is 2. The van der Waals surface area contributed by atoms with E-state index in [9.17, 15) is 14.7 Å². The number of hydrogen-bond acceptors (Lipinski definition) is 7. The van der Waals surface area contributed by atoms with Gasteiger partial charge in [0.1, 0.15) is 5.15 Å². The van der Waals surface area contributed by atoms with E-state index < -0.39 is 18.4 Å². The first kappa shape index (κ1) is 31.7. The van der Waals surface area contributed by atoms with Crippen LogP contribution in [0.4, 0.5) is 0 Å². The van der Waals surface area contributed by atoms with Gasteiger partial charge in [-0.25, -0.2) is 4.98 Å². The smallest absolute Gasteiger partial charge is 0.303 e. The summed E-state index contributed by atoms with van der Waals surface area (Å²) in [6.07, 6.45) is 0.101. The Morgan fingerprint density at radius 3 is 2.43 bits per heavy atom. The van der Waals surface area contributed by atoms with Gasteiger partial charge in [0.05, 0.1) is 31.7 Å². The Kier molecular flexibility index (Phi) is 10.3. The van der Waals surface area contributed by atoms with Gasteiger partial charge >= 0.3 is 5.97 Å². The highest BCUT2D eigenvalue weighted by Crippen LogP contribution is 2.39. The second-order valence-electron chi connectivity index (χ2n) is 10.6. The molecule has 1 fully saturated rings. The second kappa shape index (κ2) is 14.4. The van der Waals surface area contributed by atoms with E-state index >= 15 is 0 Å². The standard InChI is InChI=1S/C33H33Cl2N3O6/c1-20(42-21(2)40)32(41)36-16-23-5-3-6-25(13-23)26-7-4-8-27(14-26)33-43-28(17-38-19-37-30(34)31(38)35)15-29(44-33)24-11-9-22(18-39)10-12-24/h3-14,19-20,28-29,33,39H,15-18H2,1-2H3,(H,36,41)/t20-,28-,29+,33+/m0/s1. The first-order valence-corrected chi connectivity index (χ1v) is 15.0. The summed E-state index contributed by atoms with van der Waals surface area (Å²) in [6, 6.07) is 23.5. The van der Waals surface area contributed by atoms with E-state index in [0.29, 0.717) is 18.1 Å². The van der Waals surface area contributed by atoms with Crippen molar-refractivity contribution in [3.8, 4) is 11.1 Å². The fraction of sp³-hybridized carbons (Fsp3) is 0.303. The van der Waals surface area contributed by atoms with Gasteiger partial charge in [-0.1, -0.05) is 83.9 Å². The first-order valence-electron chi connectivity index (χ1n) is 14.2. The first-order chi connectivity index (χ1) is 21.2. The minimum Gasteiger partial charge on any atom is -0.453 e. The monoisotopic (exact) mass is 637 g/mol. The summed E-state index contributed by atoms with van der Waals surface area (Å²) in [5.74, 6) is -0.874. The third-order valence-corrected chi connectivity index (χ3v) is 8.12. The number of ether oxygens (including phenoxy) is 3. The minimum atomic E-state index is -0.870. The number of aromatic nitrogens is 2. The van der Waals surface area contributed by atoms with Crippen molar-refractivity contribution in [3.05, 3.63) is 112 Å². The molecule has 0 unspecified atom stereocenters. The average molecular weight is 639 g/mol. The van der Waals surface area contributed by atoms with E-state index in [-0.39, 0.29) is 36.4 Å². The van der Waals surface area contributed by atoms with Crippen LogP contribution >= 0.6 is 23.2 Å². The van der Waals surface area contributed by atoms with Crippen LogP contribution in [0.5, 0.6) is 0 Å². The number of aliphatic hydroxyl groups excluding tert-OH is 1. The Morgan fingerprint density at radius 1 is 1.02 bits per heavy atom. The molecule has 44 heavy (non-hydrogen) atoms. The van der Waals surface area contributed by atoms with Crippen LogP contribution in [-0.2, 0) is 43.5 Å². The molecule has 0 spiro atoms. The van der Waals surface area contributed by atoms with Crippen molar-refractivity contribution in [3.63, 3.8) is 0 Å². The lowest BCUT2D eigenvalue weighted by atomic mass is 9.98. The maximum Gasteiger partial charge on any atom is 0.303 e. The van der Waals surface area contributed by atoms with Crippen LogP contribution in [-0.4, -0.2) is 38.7 Å². The van der Waals surface area contributed by atoms with Gasteiger partial charge in [-0.05, 0) is 46.9 Å². The van der Waals surface area contributed by atoms with Crippen molar-refractivity contribution in [1.29, 1.82) is 0 Å². The van der Waals surface area contributed by atoms with Crippen molar-refractivity contribution in [2.24, 2.45) is 0 Å². The fourth-order valence-electron chi connectivity index (χ4n) is 5.08. The van der Waals surface area contributed by atoms with E-state index in [1.165, 1.54) is 13.8 Å². The van der Waals surface area contributed by atoms with Crippen molar-refractivity contribution >= 4 is 35.1 Å². The van der Waals surface area contributed by atoms with Crippen LogP contribution in [0.1, 0.15) is 54.9 Å². The number of hydrogen-bond donors (Lipinski definition) is 2. The number of amides is 1. The number of halogens is 2. The lowest BCUT2D eigenvalue weighted by Gasteiger charge is -2.36. The van der Waals surface area contributed by atoms with Gasteiger partial charge in [0.2, 0.25) is 0 Å². The van der Waals surface area contributed by atoms with Crippen LogP contribution in [0.2, 0.25) is 10.3 Å². The molecule has 0 saturated carbocycles. The van der Waals surface area contributed by atoms with Gasteiger partial charge in [-0.15, -0.1) is 0 Å². The predicted octanol–water partition coefficient (Wildman–Crippen LogP) is 6.16. The summed E-state index contributed by atoms with van der Waals surface area (Å²) < 4.78 is 19.7. The van der Waals surface area contributed by atoms with Crippen LogP contribution in [0, 0.1) is 0 Å². The second-order valence-corrected chi connectivity index (χ2v) is 11.3. The molecule has 1 aliphatic heterocycles. The highest BCUT2D eigenvalue weighted by molar-refractivity contribution is 6.40. The summed E-state index contributed by atoms with van der Waals surface area (Å²) in [4.78, 5) is 27.6. The van der Waals surface area contributed by atoms with E-state index in [1.54, 1.807) is 10.9 Å². The van der Waals surface area contributed by atoms with Crippen LogP contribution in [0.3, 0.4) is 0 Å². The molecule has 1 aromatic heterocycles. The average Bonchev–Trinajstić information content (AvgIpc) is 3.35. The lowest BCUT2D eigenvalue weighted by Crippen LogP contribution is -2.35. The van der Waals surface area contributed by atoms with Gasteiger partial charge in [0, 0.05) is 25.5 Å². The summed E-state index contributed by atoms with van der Waals surface area (Å²) in [6.45, 7) is 3.49. The van der Waals surface area contributed by atoms with E-state index in [2.05, 4.69) is 10.3 Å². The van der Waals surface area contributed by atoms with Crippen LogP contribution in [0.25, 0.3) is 11.1 Å². The van der Waals surface area contributed by atoms with Gasteiger partial charge in [0.25, 0.3) is 5.91 Å². The normalized spacial score (nSPS) is 18.9. The molecular weight excluding hydrogens is 605 g/mol. The molecular formula is C33H33Cl2N3O6. The molecule has 0 aliphatic carbocycles. The Balaban J connectivity index is 1.36. The molecule has 4 aromatic rings. The van der Waals surface area contributed by atoms with Crippen molar-refractivity contribution in [2.75, 3.05) is 0 Å². The van der Waals surface area contributed by atoms with Gasteiger partial charge in [0.15, 0.2) is 17.5 Å². The van der Waals surface area contributed by atoms with E-state index in [0.717, 1.165) is 33.4 Å². The van der Waals surface area contributed by atoms with Gasteiger partial charge < -0.3 is 29.2 Å². The Hall–Kier alpha value is -3.73. The Bertz CT molecular complexity index is 1610. The van der Waals surface area contributed by atoms with Gasteiger partial charge in [-0.2, -0.15) is 0 Å². The van der Waals surface area contributed by atoms with E-state index in [1.807, 2.05) is 72.8 Å². The summed E-state index contributed by atoms with van der Waals surface area (Å²) in [5.41, 5.74) is 5.43. The minimum absolute atomic E-state index is 0.0339. The summed E-state index contributed by atoms with van der Waals surface area (Å²) >= 11 is 12.4. The SMILES string of the molecule is CC(=O)O[C@@H](C)C(=O)NCc1cccc(-c2cccc([C@@H]3O[C@H](Cn4cnc(Cl)c4Cl)C[C@H](c4ccc(CO)cc4)O3)c2)c1. The number of carbonyl (C=O) groups is 2.